The molecule has 1 aromatic carbocycles. The Balaban J connectivity index is 1.60. The number of nitrogens with zero attached hydrogens (tertiary/aromatic N) is 2. The summed E-state index contributed by atoms with van der Waals surface area (Å²) in [6, 6.07) is 6.89. The van der Waals surface area contributed by atoms with Crippen molar-refractivity contribution in [3.05, 3.63) is 41.4 Å². The van der Waals surface area contributed by atoms with Crippen LogP contribution >= 0.6 is 23.4 Å². The second-order valence-electron chi connectivity index (χ2n) is 6.81. The van der Waals surface area contributed by atoms with Crippen LogP contribution < -0.4 is 0 Å². The fourth-order valence-corrected chi connectivity index (χ4v) is 5.79. The lowest BCUT2D eigenvalue weighted by molar-refractivity contribution is -0.131. The van der Waals surface area contributed by atoms with Crippen LogP contribution in [0.4, 0.5) is 0 Å². The molecule has 6 nitrogen and oxygen atoms in total. The lowest BCUT2D eigenvalue weighted by Gasteiger charge is -2.28. The smallest absolute Gasteiger partial charge is 0.236 e. The van der Waals surface area contributed by atoms with Crippen molar-refractivity contribution in [2.45, 2.75) is 30.4 Å². The van der Waals surface area contributed by atoms with Gasteiger partial charge in [-0.15, -0.1) is 18.2 Å². The second kappa shape index (κ2) is 9.24. The second-order valence-corrected chi connectivity index (χ2v) is 10.8. The number of benzene rings is 1. The third-order valence-electron chi connectivity index (χ3n) is 4.68. The van der Waals surface area contributed by atoms with Gasteiger partial charge in [-0.25, -0.2) is 13.4 Å². The first-order valence-electron chi connectivity index (χ1n) is 9.05. The third-order valence-corrected chi connectivity index (χ3v) is 7.80. The van der Waals surface area contributed by atoms with Gasteiger partial charge in [0.25, 0.3) is 0 Å². The molecule has 9 heteroatoms. The molecule has 29 heavy (non-hydrogen) atoms. The van der Waals surface area contributed by atoms with Gasteiger partial charge in [-0.3, -0.25) is 4.79 Å². The van der Waals surface area contributed by atoms with E-state index in [2.05, 4.69) is 10.9 Å². The Bertz CT molecular complexity index is 1010. The van der Waals surface area contributed by atoms with Crippen LogP contribution in [-0.4, -0.2) is 53.6 Å². The highest BCUT2D eigenvalue weighted by molar-refractivity contribution is 7.99. The lowest BCUT2D eigenvalue weighted by Crippen LogP contribution is -2.45. The number of hydrogen-bond acceptors (Lipinski definition) is 6. The van der Waals surface area contributed by atoms with Gasteiger partial charge in [-0.1, -0.05) is 17.5 Å². The van der Waals surface area contributed by atoms with Crippen LogP contribution in [-0.2, 0) is 20.4 Å². The summed E-state index contributed by atoms with van der Waals surface area (Å²) in [5.41, 5.74) is 0.866. The number of rotatable bonds is 7. The van der Waals surface area contributed by atoms with Crippen molar-refractivity contribution < 1.29 is 17.6 Å². The summed E-state index contributed by atoms with van der Waals surface area (Å²) in [6.45, 7) is 1.88. The quantitative estimate of drug-likeness (QED) is 0.600. The molecule has 0 spiro atoms. The number of carbonyl (C=O) groups is 1. The summed E-state index contributed by atoms with van der Waals surface area (Å²) in [5.74, 6) is 3.91. The van der Waals surface area contributed by atoms with Crippen LogP contribution in [0.2, 0.25) is 5.02 Å². The topological polar surface area (TPSA) is 80.5 Å². The minimum atomic E-state index is -3.10. The van der Waals surface area contributed by atoms with Crippen LogP contribution in [0.1, 0.15) is 19.2 Å². The number of carbonyl (C=O) groups excluding carboxylic acids is 1. The Morgan fingerprint density at radius 1 is 1.45 bits per heavy atom. The molecule has 2 atom stereocenters. The maximum atomic E-state index is 12.9. The molecule has 0 N–H and O–H groups in total. The van der Waals surface area contributed by atoms with E-state index in [1.807, 2.05) is 12.1 Å². The van der Waals surface area contributed by atoms with Gasteiger partial charge in [0.2, 0.25) is 11.8 Å². The molecule has 154 valence electrons. The average Bonchev–Trinajstić information content (AvgIpc) is 3.30. The van der Waals surface area contributed by atoms with Gasteiger partial charge < -0.3 is 9.32 Å². The van der Waals surface area contributed by atoms with E-state index in [-0.39, 0.29) is 30.0 Å². The largest absolute Gasteiger partial charge is 0.440 e. The van der Waals surface area contributed by atoms with Crippen molar-refractivity contribution in [2.75, 3.05) is 18.1 Å². The summed E-state index contributed by atoms with van der Waals surface area (Å²) < 4.78 is 29.3. The van der Waals surface area contributed by atoms with Crippen LogP contribution in [0.3, 0.4) is 0 Å². The summed E-state index contributed by atoms with van der Waals surface area (Å²) in [6.07, 6.45) is 7.47. The van der Waals surface area contributed by atoms with Crippen LogP contribution in [0, 0.1) is 12.3 Å². The maximum Gasteiger partial charge on any atom is 0.236 e. The molecule has 1 amide bonds. The predicted molar refractivity (Wildman–Crippen MR) is 115 cm³/mol. The number of aromatic nitrogens is 1. The predicted octanol–water partition coefficient (Wildman–Crippen LogP) is 3.27. The standard InChI is InChI=1S/C20H21ClN2O4S2/c1-3-9-23(17-8-10-29(25,26)13-17)20(24)14(2)28-12-19-22-11-18(27-19)15-4-6-16(21)7-5-15/h1,4-7,11,14,17H,8-10,12-13H2,2H3/t14-,17+/m0/s1. The SMILES string of the molecule is C#CCN(C(=O)[C@H](C)SCc1ncc(-c2ccc(Cl)cc2)o1)[C@@H]1CCS(=O)(=O)C1. The first-order chi connectivity index (χ1) is 13.8. The van der Waals surface area contributed by atoms with Crippen molar-refractivity contribution in [1.82, 2.24) is 9.88 Å². The van der Waals surface area contributed by atoms with E-state index in [0.717, 1.165) is 5.56 Å². The van der Waals surface area contributed by atoms with Gasteiger partial charge in [0.15, 0.2) is 15.6 Å². The molecule has 1 aliphatic heterocycles. The number of terminal acetylenes is 1. The molecular weight excluding hydrogens is 432 g/mol. The fourth-order valence-electron chi connectivity index (χ4n) is 3.13. The molecule has 0 aliphatic carbocycles. The molecular formula is C20H21ClN2O4S2. The summed E-state index contributed by atoms with van der Waals surface area (Å²) >= 11 is 7.27. The zero-order valence-corrected chi connectivity index (χ0v) is 18.3. The Labute approximate surface area is 179 Å². The molecule has 1 aromatic heterocycles. The maximum absolute atomic E-state index is 12.9. The molecule has 3 rings (SSSR count). The molecule has 0 bridgehead atoms. The van der Waals surface area contributed by atoms with Gasteiger partial charge in [0.1, 0.15) is 0 Å². The van der Waals surface area contributed by atoms with Gasteiger partial charge in [-0.2, -0.15) is 0 Å². The van der Waals surface area contributed by atoms with Gasteiger partial charge in [0, 0.05) is 16.6 Å². The van der Waals surface area contributed by atoms with Crippen LogP contribution in [0.15, 0.2) is 34.9 Å². The highest BCUT2D eigenvalue weighted by Gasteiger charge is 2.35. The Morgan fingerprint density at radius 3 is 2.79 bits per heavy atom. The Morgan fingerprint density at radius 2 is 2.17 bits per heavy atom. The molecule has 1 fully saturated rings. The van der Waals surface area contributed by atoms with E-state index in [4.69, 9.17) is 22.4 Å². The van der Waals surface area contributed by atoms with Gasteiger partial charge >= 0.3 is 0 Å². The number of thioether (sulfide) groups is 1. The molecule has 0 saturated carbocycles. The zero-order chi connectivity index (χ0) is 21.0. The van der Waals surface area contributed by atoms with Gasteiger partial charge in [0.05, 0.1) is 35.3 Å². The summed E-state index contributed by atoms with van der Waals surface area (Å²) in [5, 5.41) is 0.237. The van der Waals surface area contributed by atoms with Crippen molar-refractivity contribution in [1.29, 1.82) is 0 Å². The Hall–Kier alpha value is -1.95. The minimum absolute atomic E-state index is 0.0258. The van der Waals surface area contributed by atoms with Crippen LogP contribution in [0.25, 0.3) is 11.3 Å². The van der Waals surface area contributed by atoms with Crippen molar-refractivity contribution >= 4 is 39.1 Å². The number of hydrogen-bond donors (Lipinski definition) is 0. The minimum Gasteiger partial charge on any atom is -0.440 e. The lowest BCUT2D eigenvalue weighted by atomic mass is 10.2. The number of halogens is 1. The normalized spacial score (nSPS) is 18.9. The summed E-state index contributed by atoms with van der Waals surface area (Å²) in [7, 11) is -3.10. The molecule has 1 aliphatic rings. The Kier molecular flexibility index (Phi) is 6.93. The van der Waals surface area contributed by atoms with E-state index < -0.39 is 15.1 Å². The first-order valence-corrected chi connectivity index (χ1v) is 12.3. The van der Waals surface area contributed by atoms with E-state index in [9.17, 15) is 13.2 Å². The highest BCUT2D eigenvalue weighted by atomic mass is 35.5. The number of oxazole rings is 1. The van der Waals surface area contributed by atoms with Crippen molar-refractivity contribution in [2.24, 2.45) is 0 Å². The first kappa shape index (κ1) is 21.8. The molecule has 0 unspecified atom stereocenters. The van der Waals surface area contributed by atoms with Gasteiger partial charge in [-0.05, 0) is 37.6 Å². The number of amides is 1. The van der Waals surface area contributed by atoms with E-state index >= 15 is 0 Å². The van der Waals surface area contributed by atoms with Crippen molar-refractivity contribution in [3.63, 3.8) is 0 Å². The fraction of sp³-hybridized carbons (Fsp3) is 0.400. The number of sulfone groups is 1. The molecule has 0 radical (unpaired) electrons. The molecule has 2 aromatic rings. The van der Waals surface area contributed by atoms with E-state index in [0.29, 0.717) is 28.8 Å². The molecule has 1 saturated heterocycles. The van der Waals surface area contributed by atoms with Crippen molar-refractivity contribution in [3.8, 4) is 23.7 Å². The van der Waals surface area contributed by atoms with E-state index in [1.165, 1.54) is 16.7 Å². The summed E-state index contributed by atoms with van der Waals surface area (Å²) in [4.78, 5) is 18.6. The van der Waals surface area contributed by atoms with E-state index in [1.54, 1.807) is 25.3 Å². The average molecular weight is 453 g/mol. The third kappa shape index (κ3) is 5.56. The van der Waals surface area contributed by atoms with Crippen LogP contribution in [0.5, 0.6) is 0 Å². The zero-order valence-electron chi connectivity index (χ0n) is 15.9. The highest BCUT2D eigenvalue weighted by Crippen LogP contribution is 2.26. The monoisotopic (exact) mass is 452 g/mol. The molecule has 2 heterocycles.